The molecule has 0 aliphatic heterocycles. The maximum absolute atomic E-state index is 13.0. The third kappa shape index (κ3) is 6.42. The number of aryl methyl sites for hydroxylation is 1. The Morgan fingerprint density at radius 3 is 2.45 bits per heavy atom. The number of hydrogen-bond acceptors (Lipinski definition) is 3. The van der Waals surface area contributed by atoms with Gasteiger partial charge in [-0.3, -0.25) is 9.59 Å². The first-order valence-corrected chi connectivity index (χ1v) is 11.2. The van der Waals surface area contributed by atoms with Gasteiger partial charge < -0.3 is 10.2 Å². The molecule has 31 heavy (non-hydrogen) atoms. The average Bonchev–Trinajstić information content (AvgIpc) is 3.07. The van der Waals surface area contributed by atoms with Crippen molar-refractivity contribution in [3.8, 4) is 5.69 Å². The number of nitrogens with zero attached hydrogens (tertiary/aromatic N) is 3. The molecule has 1 heterocycles. The molecule has 0 saturated carbocycles. The van der Waals surface area contributed by atoms with Crippen molar-refractivity contribution in [3.63, 3.8) is 0 Å². The minimum atomic E-state index is -0.211. The van der Waals surface area contributed by atoms with Gasteiger partial charge in [-0.2, -0.15) is 5.10 Å². The quantitative estimate of drug-likeness (QED) is 0.645. The number of carbonyl (C=O) groups excluding carboxylic acids is 2. The van der Waals surface area contributed by atoms with Gasteiger partial charge in [-0.15, -0.1) is 0 Å². The van der Waals surface area contributed by atoms with Crippen LogP contribution in [0.5, 0.6) is 0 Å². The number of benzene rings is 1. The first kappa shape index (κ1) is 24.6. The Morgan fingerprint density at radius 1 is 1.19 bits per heavy atom. The fourth-order valence-corrected chi connectivity index (χ4v) is 3.41. The molecule has 2 aromatic rings. The summed E-state index contributed by atoms with van der Waals surface area (Å²) in [5.74, 6) is 0.722. The van der Waals surface area contributed by atoms with Gasteiger partial charge in [-0.25, -0.2) is 4.68 Å². The van der Waals surface area contributed by atoms with Crippen molar-refractivity contribution in [2.45, 2.75) is 73.6 Å². The van der Waals surface area contributed by atoms with Crippen LogP contribution in [0.25, 0.3) is 5.69 Å². The molecule has 0 aliphatic rings. The topological polar surface area (TPSA) is 67.2 Å². The van der Waals surface area contributed by atoms with Crippen LogP contribution < -0.4 is 5.32 Å². The van der Waals surface area contributed by atoms with E-state index in [2.05, 4.69) is 59.8 Å². The Morgan fingerprint density at radius 2 is 1.87 bits per heavy atom. The van der Waals surface area contributed by atoms with Crippen LogP contribution in [0.4, 0.5) is 5.82 Å². The molecule has 1 N–H and O–H groups in total. The second-order valence-corrected chi connectivity index (χ2v) is 9.76. The predicted molar refractivity (Wildman–Crippen MR) is 127 cm³/mol. The van der Waals surface area contributed by atoms with Crippen molar-refractivity contribution in [1.29, 1.82) is 0 Å². The zero-order valence-corrected chi connectivity index (χ0v) is 20.4. The number of carbonyl (C=O) groups is 2. The summed E-state index contributed by atoms with van der Waals surface area (Å²) in [5, 5.41) is 7.84. The molecule has 0 saturated heterocycles. The lowest BCUT2D eigenvalue weighted by atomic mass is 9.92. The van der Waals surface area contributed by atoms with Crippen LogP contribution in [0.3, 0.4) is 0 Å². The SMILES string of the molecule is CCCC(=O)N(CC(=O)Nc1cc(C(C)(C)C)nn1-c1cccc(C)c1C)CC(C)C. The summed E-state index contributed by atoms with van der Waals surface area (Å²) in [5.41, 5.74) is 3.94. The highest BCUT2D eigenvalue weighted by molar-refractivity contribution is 5.94. The van der Waals surface area contributed by atoms with Crippen LogP contribution in [-0.4, -0.2) is 39.6 Å². The fraction of sp³-hybridized carbons (Fsp3) is 0.560. The normalized spacial score (nSPS) is 11.6. The van der Waals surface area contributed by atoms with E-state index in [1.165, 1.54) is 0 Å². The molecule has 0 bridgehead atoms. The van der Waals surface area contributed by atoms with Crippen molar-refractivity contribution >= 4 is 17.6 Å². The van der Waals surface area contributed by atoms with Gasteiger partial charge in [0.15, 0.2) is 0 Å². The second-order valence-electron chi connectivity index (χ2n) is 9.76. The minimum absolute atomic E-state index is 0.0183. The van der Waals surface area contributed by atoms with E-state index < -0.39 is 0 Å². The summed E-state index contributed by atoms with van der Waals surface area (Å²) < 4.78 is 1.81. The molecule has 1 aromatic heterocycles. The number of rotatable bonds is 8. The predicted octanol–water partition coefficient (Wildman–Crippen LogP) is 5.01. The van der Waals surface area contributed by atoms with E-state index in [0.29, 0.717) is 24.7 Å². The molecule has 1 aromatic carbocycles. The zero-order chi connectivity index (χ0) is 23.3. The molecule has 0 unspecified atom stereocenters. The Hall–Kier alpha value is -2.63. The number of amides is 2. The van der Waals surface area contributed by atoms with Gasteiger partial charge in [0, 0.05) is 24.4 Å². The van der Waals surface area contributed by atoms with E-state index >= 15 is 0 Å². The highest BCUT2D eigenvalue weighted by Gasteiger charge is 2.23. The molecular formula is C25H38N4O2. The average molecular weight is 427 g/mol. The number of hydrogen-bond donors (Lipinski definition) is 1. The fourth-order valence-electron chi connectivity index (χ4n) is 3.41. The molecule has 0 aliphatic carbocycles. The van der Waals surface area contributed by atoms with Crippen molar-refractivity contribution in [1.82, 2.24) is 14.7 Å². The standard InChI is InChI=1S/C25H38N4O2/c1-9-11-24(31)28(15-17(2)3)16-23(30)26-22-14-21(25(6,7)8)27-29(22)20-13-10-12-18(4)19(20)5/h10,12-14,17H,9,11,15-16H2,1-8H3,(H,26,30). The Bertz CT molecular complexity index is 922. The van der Waals surface area contributed by atoms with E-state index in [-0.39, 0.29) is 23.8 Å². The first-order chi connectivity index (χ1) is 14.4. The maximum atomic E-state index is 13.0. The van der Waals surface area contributed by atoms with Crippen LogP contribution in [-0.2, 0) is 15.0 Å². The molecule has 0 spiro atoms. The van der Waals surface area contributed by atoms with Crippen molar-refractivity contribution in [2.75, 3.05) is 18.4 Å². The first-order valence-electron chi connectivity index (χ1n) is 11.2. The van der Waals surface area contributed by atoms with E-state index in [1.807, 2.05) is 29.8 Å². The lowest BCUT2D eigenvalue weighted by Crippen LogP contribution is -2.40. The van der Waals surface area contributed by atoms with Crippen LogP contribution in [0.2, 0.25) is 0 Å². The molecule has 0 radical (unpaired) electrons. The molecule has 170 valence electrons. The van der Waals surface area contributed by atoms with Crippen LogP contribution in [0, 0.1) is 19.8 Å². The lowest BCUT2D eigenvalue weighted by Gasteiger charge is -2.24. The van der Waals surface area contributed by atoms with Gasteiger partial charge in [0.05, 0.1) is 17.9 Å². The summed E-state index contributed by atoms with van der Waals surface area (Å²) in [6, 6.07) is 8.00. The highest BCUT2D eigenvalue weighted by Crippen LogP contribution is 2.28. The van der Waals surface area contributed by atoms with Gasteiger partial charge in [-0.1, -0.05) is 53.7 Å². The smallest absolute Gasteiger partial charge is 0.245 e. The van der Waals surface area contributed by atoms with Crippen LogP contribution in [0.1, 0.15) is 71.2 Å². The number of anilines is 1. The monoisotopic (exact) mass is 426 g/mol. The van der Waals surface area contributed by atoms with Crippen molar-refractivity contribution < 1.29 is 9.59 Å². The van der Waals surface area contributed by atoms with Gasteiger partial charge in [0.2, 0.25) is 11.8 Å². The van der Waals surface area contributed by atoms with Crippen LogP contribution in [0.15, 0.2) is 24.3 Å². The molecule has 0 fully saturated rings. The van der Waals surface area contributed by atoms with Crippen molar-refractivity contribution in [3.05, 3.63) is 41.1 Å². The maximum Gasteiger partial charge on any atom is 0.245 e. The lowest BCUT2D eigenvalue weighted by molar-refractivity contribution is -0.135. The highest BCUT2D eigenvalue weighted by atomic mass is 16.2. The summed E-state index contributed by atoms with van der Waals surface area (Å²) >= 11 is 0. The second kappa shape index (κ2) is 10.1. The number of nitrogens with one attached hydrogen (secondary N) is 1. The largest absolute Gasteiger partial charge is 0.333 e. The molecule has 2 rings (SSSR count). The minimum Gasteiger partial charge on any atom is -0.333 e. The Kier molecular flexibility index (Phi) is 8.04. The molecule has 0 atom stereocenters. The van der Waals surface area contributed by atoms with Gasteiger partial charge in [0.25, 0.3) is 0 Å². The summed E-state index contributed by atoms with van der Waals surface area (Å²) in [6.45, 7) is 17.1. The van der Waals surface area contributed by atoms with E-state index in [9.17, 15) is 9.59 Å². The molecule has 2 amide bonds. The zero-order valence-electron chi connectivity index (χ0n) is 20.4. The summed E-state index contributed by atoms with van der Waals surface area (Å²) in [4.78, 5) is 27.1. The van der Waals surface area contributed by atoms with Crippen LogP contribution >= 0.6 is 0 Å². The van der Waals surface area contributed by atoms with E-state index in [1.54, 1.807) is 4.90 Å². The number of aromatic nitrogens is 2. The molecular weight excluding hydrogens is 388 g/mol. The van der Waals surface area contributed by atoms with Gasteiger partial charge >= 0.3 is 0 Å². The summed E-state index contributed by atoms with van der Waals surface area (Å²) in [7, 11) is 0. The Labute approximate surface area is 187 Å². The van der Waals surface area contributed by atoms with Crippen molar-refractivity contribution in [2.24, 2.45) is 5.92 Å². The van der Waals surface area contributed by atoms with E-state index in [0.717, 1.165) is 28.9 Å². The van der Waals surface area contributed by atoms with Gasteiger partial charge in [0.1, 0.15) is 5.82 Å². The molecule has 6 heteroatoms. The van der Waals surface area contributed by atoms with E-state index in [4.69, 9.17) is 5.10 Å². The molecule has 6 nitrogen and oxygen atoms in total. The third-order valence-corrected chi connectivity index (χ3v) is 5.29. The van der Waals surface area contributed by atoms with Gasteiger partial charge in [-0.05, 0) is 43.4 Å². The Balaban J connectivity index is 2.36. The third-order valence-electron chi connectivity index (χ3n) is 5.29. The summed E-state index contributed by atoms with van der Waals surface area (Å²) in [6.07, 6.45) is 1.22.